The quantitative estimate of drug-likeness (QED) is 0.615. The maximum absolute atomic E-state index is 13.8. The number of aryl methyl sites for hydroxylation is 1. The summed E-state index contributed by atoms with van der Waals surface area (Å²) in [5.41, 5.74) is 1.41. The Bertz CT molecular complexity index is 841. The highest BCUT2D eigenvalue weighted by Gasteiger charge is 2.21. The van der Waals surface area contributed by atoms with Crippen LogP contribution in [0.3, 0.4) is 0 Å². The molecule has 2 aromatic carbocycles. The van der Waals surface area contributed by atoms with E-state index < -0.39 is 23.9 Å². The van der Waals surface area contributed by atoms with Crippen LogP contribution >= 0.6 is 0 Å². The molecule has 0 aliphatic rings. The molecule has 0 aliphatic carbocycles. The van der Waals surface area contributed by atoms with Crippen molar-refractivity contribution < 1.29 is 28.6 Å². The first-order chi connectivity index (χ1) is 12.9. The van der Waals surface area contributed by atoms with Crippen molar-refractivity contribution in [3.05, 3.63) is 65.0 Å². The standard InChI is InChI=1S/C19H19FN2O5/c1-12-5-6-14(16(20)7-12)9-21-18(24)17(22-19(25)26)11-27-15-4-2-3-13(8-15)10-23/h2-8,10,17,22H,9,11H2,1H3,(H,21,24)(H,25,26). The van der Waals surface area contributed by atoms with Gasteiger partial charge in [-0.15, -0.1) is 0 Å². The number of carboxylic acid groups (broad SMARTS) is 1. The van der Waals surface area contributed by atoms with Gasteiger partial charge in [-0.1, -0.05) is 24.3 Å². The molecule has 0 saturated heterocycles. The summed E-state index contributed by atoms with van der Waals surface area (Å²) in [6.45, 7) is 1.36. The van der Waals surface area contributed by atoms with Crippen LogP contribution in [0.2, 0.25) is 0 Å². The minimum atomic E-state index is -1.40. The van der Waals surface area contributed by atoms with Crippen LogP contribution in [0.5, 0.6) is 5.75 Å². The maximum atomic E-state index is 13.8. The summed E-state index contributed by atoms with van der Waals surface area (Å²) in [5.74, 6) is -0.807. The van der Waals surface area contributed by atoms with E-state index in [2.05, 4.69) is 10.6 Å². The summed E-state index contributed by atoms with van der Waals surface area (Å²) < 4.78 is 19.2. The number of carbonyl (C=O) groups excluding carboxylic acids is 2. The summed E-state index contributed by atoms with van der Waals surface area (Å²) in [6, 6.07) is 9.60. The number of ether oxygens (including phenoxy) is 1. The van der Waals surface area contributed by atoms with Crippen molar-refractivity contribution in [2.45, 2.75) is 19.5 Å². The van der Waals surface area contributed by atoms with Crippen LogP contribution in [0.25, 0.3) is 0 Å². The topological polar surface area (TPSA) is 105 Å². The van der Waals surface area contributed by atoms with Crippen LogP contribution in [0.1, 0.15) is 21.5 Å². The Balaban J connectivity index is 1.99. The van der Waals surface area contributed by atoms with E-state index in [0.29, 0.717) is 17.6 Å². The number of benzene rings is 2. The molecule has 142 valence electrons. The number of nitrogens with one attached hydrogen (secondary N) is 2. The molecule has 0 spiro atoms. The smallest absolute Gasteiger partial charge is 0.405 e. The lowest BCUT2D eigenvalue weighted by Crippen LogP contribution is -2.49. The van der Waals surface area contributed by atoms with Crippen LogP contribution in [0.4, 0.5) is 9.18 Å². The molecule has 2 aromatic rings. The van der Waals surface area contributed by atoms with Gasteiger partial charge in [-0.25, -0.2) is 9.18 Å². The molecule has 0 aliphatic heterocycles. The molecule has 0 radical (unpaired) electrons. The summed E-state index contributed by atoms with van der Waals surface area (Å²) in [6.07, 6.45) is -0.759. The fourth-order valence-electron chi connectivity index (χ4n) is 2.29. The number of rotatable bonds is 8. The van der Waals surface area contributed by atoms with Gasteiger partial charge in [-0.3, -0.25) is 9.59 Å². The summed E-state index contributed by atoms with van der Waals surface area (Å²) in [7, 11) is 0. The molecule has 0 aromatic heterocycles. The fraction of sp³-hybridized carbons (Fsp3) is 0.211. The van der Waals surface area contributed by atoms with Crippen molar-refractivity contribution in [1.82, 2.24) is 10.6 Å². The van der Waals surface area contributed by atoms with E-state index in [0.717, 1.165) is 5.56 Å². The van der Waals surface area contributed by atoms with Crippen molar-refractivity contribution in [3.63, 3.8) is 0 Å². The lowest BCUT2D eigenvalue weighted by Gasteiger charge is -2.18. The highest BCUT2D eigenvalue weighted by atomic mass is 19.1. The second-order valence-corrected chi connectivity index (χ2v) is 5.82. The second kappa shape index (κ2) is 9.33. The number of amides is 2. The summed E-state index contributed by atoms with van der Waals surface area (Å²) >= 11 is 0. The molecule has 0 heterocycles. The largest absolute Gasteiger partial charge is 0.491 e. The highest BCUT2D eigenvalue weighted by molar-refractivity contribution is 5.85. The van der Waals surface area contributed by atoms with Crippen molar-refractivity contribution in [3.8, 4) is 5.75 Å². The Morgan fingerprint density at radius 2 is 2.04 bits per heavy atom. The van der Waals surface area contributed by atoms with E-state index in [1.807, 2.05) is 0 Å². The van der Waals surface area contributed by atoms with Gasteiger partial charge in [0.2, 0.25) is 5.91 Å². The molecule has 2 amide bonds. The Hall–Kier alpha value is -3.42. The zero-order chi connectivity index (χ0) is 19.8. The Labute approximate surface area is 155 Å². The van der Waals surface area contributed by atoms with Crippen molar-refractivity contribution in [2.75, 3.05) is 6.61 Å². The molecule has 1 unspecified atom stereocenters. The molecule has 7 nitrogen and oxygen atoms in total. The van der Waals surface area contributed by atoms with E-state index in [1.54, 1.807) is 37.3 Å². The van der Waals surface area contributed by atoms with Gasteiger partial charge >= 0.3 is 6.09 Å². The van der Waals surface area contributed by atoms with Crippen LogP contribution in [-0.2, 0) is 11.3 Å². The first-order valence-electron chi connectivity index (χ1n) is 8.09. The van der Waals surface area contributed by atoms with E-state index in [1.165, 1.54) is 12.1 Å². The van der Waals surface area contributed by atoms with Gasteiger partial charge < -0.3 is 20.5 Å². The number of aldehydes is 1. The molecule has 0 bridgehead atoms. The minimum Gasteiger partial charge on any atom is -0.491 e. The predicted molar refractivity (Wildman–Crippen MR) is 95.3 cm³/mol. The lowest BCUT2D eigenvalue weighted by molar-refractivity contribution is -0.123. The molecule has 27 heavy (non-hydrogen) atoms. The van der Waals surface area contributed by atoms with Crippen LogP contribution in [-0.4, -0.2) is 36.0 Å². The van der Waals surface area contributed by atoms with E-state index in [-0.39, 0.29) is 18.7 Å². The van der Waals surface area contributed by atoms with Crippen molar-refractivity contribution in [2.24, 2.45) is 0 Å². The third kappa shape index (κ3) is 6.10. The summed E-state index contributed by atoms with van der Waals surface area (Å²) in [5, 5.41) is 13.5. The Morgan fingerprint density at radius 3 is 2.70 bits per heavy atom. The average Bonchev–Trinajstić information content (AvgIpc) is 2.64. The van der Waals surface area contributed by atoms with Gasteiger partial charge in [0.15, 0.2) is 0 Å². The number of hydrogen-bond acceptors (Lipinski definition) is 4. The lowest BCUT2D eigenvalue weighted by atomic mass is 10.1. The van der Waals surface area contributed by atoms with Gasteiger partial charge in [0.1, 0.15) is 30.5 Å². The van der Waals surface area contributed by atoms with E-state index >= 15 is 0 Å². The van der Waals surface area contributed by atoms with Gasteiger partial charge in [-0.05, 0) is 30.7 Å². The molecular formula is C19H19FN2O5. The second-order valence-electron chi connectivity index (χ2n) is 5.82. The van der Waals surface area contributed by atoms with Crippen LogP contribution in [0.15, 0.2) is 42.5 Å². The molecule has 3 N–H and O–H groups in total. The van der Waals surface area contributed by atoms with Crippen molar-refractivity contribution in [1.29, 1.82) is 0 Å². The molecule has 8 heteroatoms. The monoisotopic (exact) mass is 374 g/mol. The molecule has 0 fully saturated rings. The molecular weight excluding hydrogens is 355 g/mol. The molecule has 0 saturated carbocycles. The van der Waals surface area contributed by atoms with Gasteiger partial charge in [0.05, 0.1) is 0 Å². The van der Waals surface area contributed by atoms with Gasteiger partial charge in [0.25, 0.3) is 0 Å². The Kier molecular flexibility index (Phi) is 6.87. The maximum Gasteiger partial charge on any atom is 0.405 e. The predicted octanol–water partition coefficient (Wildman–Crippen LogP) is 2.28. The van der Waals surface area contributed by atoms with Crippen molar-refractivity contribution >= 4 is 18.3 Å². The molecule has 1 atom stereocenters. The zero-order valence-corrected chi connectivity index (χ0v) is 14.6. The average molecular weight is 374 g/mol. The fourth-order valence-corrected chi connectivity index (χ4v) is 2.29. The first kappa shape index (κ1) is 19.9. The third-order valence-electron chi connectivity index (χ3n) is 3.69. The van der Waals surface area contributed by atoms with E-state index in [4.69, 9.17) is 9.84 Å². The minimum absolute atomic E-state index is 0.0939. The zero-order valence-electron chi connectivity index (χ0n) is 14.6. The number of carbonyl (C=O) groups is 3. The van der Waals surface area contributed by atoms with Gasteiger partial charge in [-0.2, -0.15) is 0 Å². The SMILES string of the molecule is Cc1ccc(CNC(=O)C(COc2cccc(C=O)c2)NC(=O)O)c(F)c1. The van der Waals surface area contributed by atoms with Gasteiger partial charge in [0, 0.05) is 17.7 Å². The number of hydrogen-bond donors (Lipinski definition) is 3. The normalized spacial score (nSPS) is 11.3. The Morgan fingerprint density at radius 1 is 1.26 bits per heavy atom. The molecule has 2 rings (SSSR count). The van der Waals surface area contributed by atoms with Crippen LogP contribution < -0.4 is 15.4 Å². The number of halogens is 1. The first-order valence-corrected chi connectivity index (χ1v) is 8.09. The summed E-state index contributed by atoms with van der Waals surface area (Å²) in [4.78, 5) is 34.0. The highest BCUT2D eigenvalue weighted by Crippen LogP contribution is 2.13. The van der Waals surface area contributed by atoms with E-state index in [9.17, 15) is 18.8 Å². The van der Waals surface area contributed by atoms with Crippen LogP contribution in [0, 0.1) is 12.7 Å². The third-order valence-corrected chi connectivity index (χ3v) is 3.69.